The van der Waals surface area contributed by atoms with Gasteiger partial charge in [-0.25, -0.2) is 0 Å². The molecular formula is C17H30N2S. The molecule has 0 saturated heterocycles. The zero-order chi connectivity index (χ0) is 14.5. The Hall–Kier alpha value is -0.380. The first-order chi connectivity index (χ1) is 9.61. The molecule has 3 heteroatoms. The van der Waals surface area contributed by atoms with Crippen molar-refractivity contribution in [1.29, 1.82) is 0 Å². The van der Waals surface area contributed by atoms with Gasteiger partial charge in [0, 0.05) is 23.5 Å². The van der Waals surface area contributed by atoms with Crippen LogP contribution >= 0.6 is 11.3 Å². The molecule has 1 saturated carbocycles. The molecule has 0 bridgehead atoms. The topological polar surface area (TPSA) is 29.3 Å². The molecule has 2 atom stereocenters. The molecule has 2 rings (SSSR count). The van der Waals surface area contributed by atoms with Gasteiger partial charge in [-0.1, -0.05) is 25.8 Å². The number of rotatable bonds is 6. The Bertz CT molecular complexity index is 368. The van der Waals surface area contributed by atoms with E-state index in [9.17, 15) is 0 Å². The second-order valence-corrected chi connectivity index (χ2v) is 7.65. The van der Waals surface area contributed by atoms with Gasteiger partial charge in [-0.05, 0) is 56.5 Å². The fraction of sp³-hybridized carbons (Fsp3) is 0.765. The molecule has 0 aliphatic heterocycles. The van der Waals surface area contributed by atoms with Crippen LogP contribution in [0.5, 0.6) is 0 Å². The van der Waals surface area contributed by atoms with Crippen molar-refractivity contribution < 1.29 is 0 Å². The van der Waals surface area contributed by atoms with E-state index in [1.54, 1.807) is 0 Å². The van der Waals surface area contributed by atoms with Crippen molar-refractivity contribution in [2.24, 2.45) is 17.6 Å². The average Bonchev–Trinajstić information content (AvgIpc) is 2.94. The molecule has 20 heavy (non-hydrogen) atoms. The molecular weight excluding hydrogens is 264 g/mol. The second-order valence-electron chi connectivity index (χ2n) is 6.62. The zero-order valence-electron chi connectivity index (χ0n) is 13.2. The largest absolute Gasteiger partial charge is 0.329 e. The van der Waals surface area contributed by atoms with Gasteiger partial charge in [0.1, 0.15) is 0 Å². The smallest absolute Gasteiger partial charge is 0.0246 e. The number of thiophene rings is 1. The standard InChI is InChI=1S/C17H30N2S/c1-13-6-8-15(9-7-13)17(12-18)19(3)14(2)11-16-5-4-10-20-16/h4-5,10,13-15,17H,6-9,11-12,18H2,1-3H3. The highest BCUT2D eigenvalue weighted by atomic mass is 32.1. The van der Waals surface area contributed by atoms with Gasteiger partial charge in [0.2, 0.25) is 0 Å². The van der Waals surface area contributed by atoms with Crippen LogP contribution < -0.4 is 5.73 Å². The Labute approximate surface area is 128 Å². The lowest BCUT2D eigenvalue weighted by molar-refractivity contribution is 0.104. The van der Waals surface area contributed by atoms with Crippen molar-refractivity contribution in [3.05, 3.63) is 22.4 Å². The van der Waals surface area contributed by atoms with Crippen LogP contribution in [0.4, 0.5) is 0 Å². The van der Waals surface area contributed by atoms with Crippen molar-refractivity contribution in [2.45, 2.75) is 58.0 Å². The summed E-state index contributed by atoms with van der Waals surface area (Å²) in [5.41, 5.74) is 6.11. The number of hydrogen-bond acceptors (Lipinski definition) is 3. The molecule has 2 nitrogen and oxygen atoms in total. The third-order valence-corrected chi connectivity index (χ3v) is 6.04. The van der Waals surface area contributed by atoms with Crippen LogP contribution in [0.2, 0.25) is 0 Å². The lowest BCUT2D eigenvalue weighted by Crippen LogP contribution is -2.48. The first-order valence-electron chi connectivity index (χ1n) is 8.06. The molecule has 0 aromatic carbocycles. The van der Waals surface area contributed by atoms with Gasteiger partial charge < -0.3 is 5.73 Å². The van der Waals surface area contributed by atoms with E-state index in [0.717, 1.165) is 24.8 Å². The summed E-state index contributed by atoms with van der Waals surface area (Å²) in [5, 5.41) is 2.17. The predicted octanol–water partition coefficient (Wildman–Crippen LogP) is 3.76. The van der Waals surface area contributed by atoms with Crippen molar-refractivity contribution in [3.8, 4) is 0 Å². The van der Waals surface area contributed by atoms with Crippen LogP contribution in [-0.4, -0.2) is 30.6 Å². The summed E-state index contributed by atoms with van der Waals surface area (Å²) in [6.45, 7) is 5.52. The Morgan fingerprint density at radius 3 is 2.60 bits per heavy atom. The fourth-order valence-electron chi connectivity index (χ4n) is 3.55. The summed E-state index contributed by atoms with van der Waals surface area (Å²) in [7, 11) is 2.27. The van der Waals surface area contributed by atoms with E-state index in [-0.39, 0.29) is 0 Å². The number of hydrogen-bond donors (Lipinski definition) is 1. The molecule has 2 unspecified atom stereocenters. The van der Waals surface area contributed by atoms with Crippen LogP contribution in [0.15, 0.2) is 17.5 Å². The first-order valence-corrected chi connectivity index (χ1v) is 8.94. The van der Waals surface area contributed by atoms with Gasteiger partial charge in [-0.15, -0.1) is 11.3 Å². The predicted molar refractivity (Wildman–Crippen MR) is 89.2 cm³/mol. The molecule has 0 spiro atoms. The Morgan fingerprint density at radius 2 is 2.05 bits per heavy atom. The molecule has 2 N–H and O–H groups in total. The summed E-state index contributed by atoms with van der Waals surface area (Å²) in [6, 6.07) is 5.52. The second kappa shape index (κ2) is 7.58. The monoisotopic (exact) mass is 294 g/mol. The molecule has 1 fully saturated rings. The quantitative estimate of drug-likeness (QED) is 0.865. The fourth-order valence-corrected chi connectivity index (χ4v) is 4.38. The maximum atomic E-state index is 6.11. The number of nitrogens with two attached hydrogens (primary N) is 1. The minimum Gasteiger partial charge on any atom is -0.329 e. The Morgan fingerprint density at radius 1 is 1.35 bits per heavy atom. The molecule has 1 heterocycles. The molecule has 114 valence electrons. The van der Waals surface area contributed by atoms with E-state index >= 15 is 0 Å². The summed E-state index contributed by atoms with van der Waals surface area (Å²) in [4.78, 5) is 4.03. The van der Waals surface area contributed by atoms with E-state index < -0.39 is 0 Å². The van der Waals surface area contributed by atoms with Gasteiger partial charge in [-0.2, -0.15) is 0 Å². The third kappa shape index (κ3) is 4.06. The highest BCUT2D eigenvalue weighted by Gasteiger charge is 2.29. The van der Waals surface area contributed by atoms with Crippen LogP contribution in [0.25, 0.3) is 0 Å². The summed E-state index contributed by atoms with van der Waals surface area (Å²) in [6.07, 6.45) is 6.63. The maximum Gasteiger partial charge on any atom is 0.0246 e. The highest BCUT2D eigenvalue weighted by Crippen LogP contribution is 2.32. The van der Waals surface area contributed by atoms with Crippen LogP contribution in [0.1, 0.15) is 44.4 Å². The van der Waals surface area contributed by atoms with E-state index in [0.29, 0.717) is 12.1 Å². The van der Waals surface area contributed by atoms with E-state index in [1.165, 1.54) is 30.6 Å². The van der Waals surface area contributed by atoms with Crippen LogP contribution in [0, 0.1) is 11.8 Å². The minimum atomic E-state index is 0.553. The summed E-state index contributed by atoms with van der Waals surface area (Å²) >= 11 is 1.87. The van der Waals surface area contributed by atoms with Gasteiger partial charge in [0.25, 0.3) is 0 Å². The highest BCUT2D eigenvalue weighted by molar-refractivity contribution is 7.09. The molecule has 0 amide bonds. The van der Waals surface area contributed by atoms with Gasteiger partial charge in [-0.3, -0.25) is 4.90 Å². The third-order valence-electron chi connectivity index (χ3n) is 5.14. The lowest BCUT2D eigenvalue weighted by Gasteiger charge is -2.40. The summed E-state index contributed by atoms with van der Waals surface area (Å²) in [5.74, 6) is 1.71. The van der Waals surface area contributed by atoms with Crippen LogP contribution in [0.3, 0.4) is 0 Å². The molecule has 1 aliphatic carbocycles. The van der Waals surface area contributed by atoms with Gasteiger partial charge >= 0.3 is 0 Å². The Kier molecular flexibility index (Phi) is 6.06. The van der Waals surface area contributed by atoms with Crippen LogP contribution in [-0.2, 0) is 6.42 Å². The van der Waals surface area contributed by atoms with E-state index in [1.807, 2.05) is 11.3 Å². The van der Waals surface area contributed by atoms with Gasteiger partial charge in [0.15, 0.2) is 0 Å². The zero-order valence-corrected chi connectivity index (χ0v) is 14.0. The summed E-state index contributed by atoms with van der Waals surface area (Å²) < 4.78 is 0. The molecule has 1 aromatic heterocycles. The van der Waals surface area contributed by atoms with Crippen molar-refractivity contribution in [2.75, 3.05) is 13.6 Å². The maximum absolute atomic E-state index is 6.11. The number of likely N-dealkylation sites (N-methyl/N-ethyl adjacent to an activating group) is 1. The lowest BCUT2D eigenvalue weighted by atomic mass is 9.78. The molecule has 0 radical (unpaired) electrons. The van der Waals surface area contributed by atoms with E-state index in [2.05, 4.69) is 43.3 Å². The first kappa shape index (κ1) is 16.0. The molecule has 1 aromatic rings. The van der Waals surface area contributed by atoms with Crippen molar-refractivity contribution in [1.82, 2.24) is 4.90 Å². The minimum absolute atomic E-state index is 0.553. The molecule has 1 aliphatic rings. The normalized spacial score (nSPS) is 26.6. The Balaban J connectivity index is 1.92. The van der Waals surface area contributed by atoms with E-state index in [4.69, 9.17) is 5.73 Å². The van der Waals surface area contributed by atoms with Crippen molar-refractivity contribution >= 4 is 11.3 Å². The number of nitrogens with zero attached hydrogens (tertiary/aromatic N) is 1. The average molecular weight is 295 g/mol. The van der Waals surface area contributed by atoms with Gasteiger partial charge in [0.05, 0.1) is 0 Å². The SMILES string of the molecule is CC1CCC(C(CN)N(C)C(C)Cc2cccs2)CC1. The van der Waals surface area contributed by atoms with Crippen molar-refractivity contribution in [3.63, 3.8) is 0 Å².